The first kappa shape index (κ1) is 12.7. The van der Waals surface area contributed by atoms with Gasteiger partial charge in [0.1, 0.15) is 0 Å². The van der Waals surface area contributed by atoms with E-state index in [1.807, 2.05) is 0 Å². The largest absolute Gasteiger partial charge is 0.0845 e. The van der Waals surface area contributed by atoms with Gasteiger partial charge in [0.2, 0.25) is 0 Å². The van der Waals surface area contributed by atoms with E-state index < -0.39 is 0 Å². The molecule has 0 N–H and O–H groups in total. The highest BCUT2D eigenvalue weighted by Crippen LogP contribution is 2.61. The van der Waals surface area contributed by atoms with E-state index in [-0.39, 0.29) is 0 Å². The lowest BCUT2D eigenvalue weighted by atomic mass is 9.54. The van der Waals surface area contributed by atoms with Crippen LogP contribution in [0.4, 0.5) is 0 Å². The topological polar surface area (TPSA) is 0 Å². The summed E-state index contributed by atoms with van der Waals surface area (Å²) in [5.41, 5.74) is 5.62. The Labute approximate surface area is 123 Å². The molecule has 0 heteroatoms. The van der Waals surface area contributed by atoms with Crippen LogP contribution in [0.1, 0.15) is 63.0 Å². The minimum atomic E-state index is 0.530. The first-order valence-electron chi connectivity index (χ1n) is 8.51. The summed E-state index contributed by atoms with van der Waals surface area (Å²) < 4.78 is 0. The molecule has 3 aliphatic carbocycles. The molecule has 0 aromatic heterocycles. The van der Waals surface area contributed by atoms with Crippen LogP contribution in [0.3, 0.4) is 0 Å². The zero-order valence-corrected chi connectivity index (χ0v) is 12.9. The second-order valence-electron chi connectivity index (χ2n) is 7.39. The zero-order valence-electron chi connectivity index (χ0n) is 12.9. The van der Waals surface area contributed by atoms with Gasteiger partial charge in [-0.05, 0) is 72.8 Å². The van der Waals surface area contributed by atoms with Gasteiger partial charge in [0.25, 0.3) is 0 Å². The van der Waals surface area contributed by atoms with Crippen LogP contribution in [0.25, 0.3) is 0 Å². The Morgan fingerprint density at radius 1 is 1.20 bits per heavy atom. The molecular formula is C20H26. The fourth-order valence-electron chi connectivity index (χ4n) is 5.73. The Bertz CT molecular complexity index is 553. The fourth-order valence-corrected chi connectivity index (χ4v) is 5.73. The van der Waals surface area contributed by atoms with Crippen molar-refractivity contribution in [2.24, 2.45) is 17.3 Å². The van der Waals surface area contributed by atoms with Crippen LogP contribution in [0, 0.1) is 17.3 Å². The van der Waals surface area contributed by atoms with Crippen LogP contribution in [-0.4, -0.2) is 0 Å². The van der Waals surface area contributed by atoms with Gasteiger partial charge in [0, 0.05) is 0 Å². The molecule has 1 aromatic rings. The van der Waals surface area contributed by atoms with E-state index in [2.05, 4.69) is 44.2 Å². The lowest BCUT2D eigenvalue weighted by Crippen LogP contribution is -2.41. The van der Waals surface area contributed by atoms with Gasteiger partial charge >= 0.3 is 0 Å². The molecule has 4 atom stereocenters. The average molecular weight is 266 g/mol. The van der Waals surface area contributed by atoms with Crippen LogP contribution in [-0.2, 0) is 6.42 Å². The summed E-state index contributed by atoms with van der Waals surface area (Å²) in [7, 11) is 0. The summed E-state index contributed by atoms with van der Waals surface area (Å²) in [6, 6.07) is 9.25. The molecule has 4 unspecified atom stereocenters. The van der Waals surface area contributed by atoms with Gasteiger partial charge in [-0.2, -0.15) is 0 Å². The lowest BCUT2D eigenvalue weighted by Gasteiger charge is -2.50. The molecule has 3 aliphatic rings. The fraction of sp³-hybridized carbons (Fsp3) is 0.600. The Morgan fingerprint density at radius 2 is 2.05 bits per heavy atom. The summed E-state index contributed by atoms with van der Waals surface area (Å²) in [6.45, 7) is 4.92. The molecule has 106 valence electrons. The maximum atomic E-state index is 2.59. The molecule has 4 rings (SSSR count). The molecule has 1 fully saturated rings. The molecule has 0 amide bonds. The maximum Gasteiger partial charge on any atom is -0.00822 e. The third kappa shape index (κ3) is 1.60. The van der Waals surface area contributed by atoms with Gasteiger partial charge in [0.15, 0.2) is 0 Å². The summed E-state index contributed by atoms with van der Waals surface area (Å²) in [4.78, 5) is 0. The van der Waals surface area contributed by atoms with Crippen molar-refractivity contribution in [1.29, 1.82) is 0 Å². The number of hydrogen-bond donors (Lipinski definition) is 0. The Morgan fingerprint density at radius 3 is 2.90 bits per heavy atom. The molecular weight excluding hydrogens is 240 g/mol. The summed E-state index contributed by atoms with van der Waals surface area (Å²) in [5.74, 6) is 2.70. The van der Waals surface area contributed by atoms with Gasteiger partial charge < -0.3 is 0 Å². The standard InChI is InChI=1S/C20H26/c1-3-15-9-11-19-18-10-8-14-6-4-5-7-16(14)17(18)12-13-20(15,19)2/h4-7,9,17-19H,3,8,10-13H2,1-2H3. The van der Waals surface area contributed by atoms with Crippen molar-refractivity contribution in [3.05, 3.63) is 47.0 Å². The smallest absolute Gasteiger partial charge is 0.00822 e. The molecule has 0 heterocycles. The van der Waals surface area contributed by atoms with E-state index in [0.29, 0.717) is 5.41 Å². The molecule has 0 bridgehead atoms. The van der Waals surface area contributed by atoms with E-state index >= 15 is 0 Å². The Kier molecular flexibility index (Phi) is 2.84. The minimum absolute atomic E-state index is 0.530. The second kappa shape index (κ2) is 4.48. The number of benzene rings is 1. The molecule has 1 aromatic carbocycles. The number of hydrogen-bond acceptors (Lipinski definition) is 0. The van der Waals surface area contributed by atoms with Crippen molar-refractivity contribution in [2.75, 3.05) is 0 Å². The number of rotatable bonds is 1. The first-order valence-corrected chi connectivity index (χ1v) is 8.51. The van der Waals surface area contributed by atoms with Crippen molar-refractivity contribution in [2.45, 2.75) is 58.3 Å². The van der Waals surface area contributed by atoms with E-state index in [0.717, 1.165) is 17.8 Å². The highest BCUT2D eigenvalue weighted by Gasteiger charge is 2.50. The van der Waals surface area contributed by atoms with Crippen LogP contribution in [0.15, 0.2) is 35.9 Å². The van der Waals surface area contributed by atoms with E-state index in [9.17, 15) is 0 Å². The lowest BCUT2D eigenvalue weighted by molar-refractivity contribution is 0.0736. The summed E-state index contributed by atoms with van der Waals surface area (Å²) in [6.07, 6.45) is 10.8. The zero-order chi connectivity index (χ0) is 13.7. The molecule has 0 aliphatic heterocycles. The number of fused-ring (bicyclic) bond motifs is 5. The van der Waals surface area contributed by atoms with Gasteiger partial charge in [-0.15, -0.1) is 0 Å². The van der Waals surface area contributed by atoms with E-state index in [1.165, 1.54) is 38.5 Å². The number of allylic oxidation sites excluding steroid dienone is 2. The molecule has 0 nitrogen and oxygen atoms in total. The van der Waals surface area contributed by atoms with Crippen molar-refractivity contribution in [1.82, 2.24) is 0 Å². The summed E-state index contributed by atoms with van der Waals surface area (Å²) in [5, 5.41) is 0. The molecule has 20 heavy (non-hydrogen) atoms. The van der Waals surface area contributed by atoms with Crippen LogP contribution >= 0.6 is 0 Å². The Balaban J connectivity index is 1.70. The molecule has 0 saturated heterocycles. The SMILES string of the molecule is CCC1=CCC2C3CCc4ccccc4C3CCC12C. The van der Waals surface area contributed by atoms with Crippen molar-refractivity contribution < 1.29 is 0 Å². The summed E-state index contributed by atoms with van der Waals surface area (Å²) >= 11 is 0. The van der Waals surface area contributed by atoms with Gasteiger partial charge in [-0.3, -0.25) is 0 Å². The van der Waals surface area contributed by atoms with Gasteiger partial charge in [-0.25, -0.2) is 0 Å². The van der Waals surface area contributed by atoms with E-state index in [1.54, 1.807) is 16.7 Å². The maximum absolute atomic E-state index is 2.59. The predicted molar refractivity (Wildman–Crippen MR) is 84.8 cm³/mol. The van der Waals surface area contributed by atoms with Crippen molar-refractivity contribution in [3.8, 4) is 0 Å². The average Bonchev–Trinajstić information content (AvgIpc) is 2.83. The van der Waals surface area contributed by atoms with Gasteiger partial charge in [-0.1, -0.05) is 49.8 Å². The highest BCUT2D eigenvalue weighted by molar-refractivity contribution is 5.36. The first-order chi connectivity index (χ1) is 9.74. The van der Waals surface area contributed by atoms with Crippen LogP contribution in [0.5, 0.6) is 0 Å². The quantitative estimate of drug-likeness (QED) is 0.590. The van der Waals surface area contributed by atoms with Crippen molar-refractivity contribution in [3.63, 3.8) is 0 Å². The number of aryl methyl sites for hydroxylation is 1. The normalized spacial score (nSPS) is 38.7. The van der Waals surface area contributed by atoms with Crippen LogP contribution in [0.2, 0.25) is 0 Å². The third-order valence-corrected chi connectivity index (χ3v) is 6.76. The minimum Gasteiger partial charge on any atom is -0.0845 e. The monoisotopic (exact) mass is 266 g/mol. The van der Waals surface area contributed by atoms with Gasteiger partial charge in [0.05, 0.1) is 0 Å². The highest BCUT2D eigenvalue weighted by atomic mass is 14.5. The molecule has 1 saturated carbocycles. The predicted octanol–water partition coefficient (Wildman–Crippen LogP) is 5.49. The Hall–Kier alpha value is -1.04. The molecule has 0 spiro atoms. The molecule has 0 radical (unpaired) electrons. The van der Waals surface area contributed by atoms with Crippen molar-refractivity contribution >= 4 is 0 Å². The van der Waals surface area contributed by atoms with E-state index in [4.69, 9.17) is 0 Å². The second-order valence-corrected chi connectivity index (χ2v) is 7.39. The third-order valence-electron chi connectivity index (χ3n) is 6.76. The van der Waals surface area contributed by atoms with Crippen LogP contribution < -0.4 is 0 Å².